The van der Waals surface area contributed by atoms with Gasteiger partial charge in [0.25, 0.3) is 0 Å². The SMILES string of the molecule is CC(C)(C)NC(=O)[C@@H]1C[C@H](Sc2ccccc2)CCN1C[C@@H](O)[C@H](Cc1ccccc1)NC(=O)OC(C)(C)C. The highest BCUT2D eigenvalue weighted by Crippen LogP contribution is 2.33. The second kappa shape index (κ2) is 13.7. The molecule has 1 fully saturated rings. The Balaban J connectivity index is 1.76. The van der Waals surface area contributed by atoms with E-state index in [0.717, 1.165) is 12.0 Å². The number of rotatable bonds is 9. The molecule has 0 spiro atoms. The number of nitrogens with one attached hydrogen (secondary N) is 2. The molecule has 39 heavy (non-hydrogen) atoms. The fourth-order valence-electron chi connectivity index (χ4n) is 4.70. The van der Waals surface area contributed by atoms with Crippen molar-refractivity contribution in [3.8, 4) is 0 Å². The highest BCUT2D eigenvalue weighted by molar-refractivity contribution is 8.00. The van der Waals surface area contributed by atoms with Crippen molar-refractivity contribution in [3.05, 3.63) is 66.2 Å². The van der Waals surface area contributed by atoms with E-state index in [-0.39, 0.29) is 29.3 Å². The number of piperidine rings is 1. The average molecular weight is 556 g/mol. The van der Waals surface area contributed by atoms with Gasteiger partial charge in [-0.05, 0) is 78.5 Å². The summed E-state index contributed by atoms with van der Waals surface area (Å²) in [6, 6.07) is 19.1. The fourth-order valence-corrected chi connectivity index (χ4v) is 5.90. The summed E-state index contributed by atoms with van der Waals surface area (Å²) >= 11 is 1.80. The van der Waals surface area contributed by atoms with Crippen LogP contribution in [0.15, 0.2) is 65.6 Å². The van der Waals surface area contributed by atoms with E-state index < -0.39 is 23.8 Å². The van der Waals surface area contributed by atoms with E-state index in [0.29, 0.717) is 19.4 Å². The van der Waals surface area contributed by atoms with Crippen molar-refractivity contribution < 1.29 is 19.4 Å². The topological polar surface area (TPSA) is 90.9 Å². The summed E-state index contributed by atoms with van der Waals surface area (Å²) in [5.41, 5.74) is -0.0203. The van der Waals surface area contributed by atoms with Crippen LogP contribution >= 0.6 is 11.8 Å². The molecule has 0 radical (unpaired) electrons. The van der Waals surface area contributed by atoms with Crippen molar-refractivity contribution in [2.24, 2.45) is 0 Å². The predicted molar refractivity (Wildman–Crippen MR) is 158 cm³/mol. The molecule has 2 aromatic carbocycles. The van der Waals surface area contributed by atoms with E-state index in [4.69, 9.17) is 4.74 Å². The van der Waals surface area contributed by atoms with Gasteiger partial charge in [0, 0.05) is 28.8 Å². The van der Waals surface area contributed by atoms with Crippen molar-refractivity contribution in [1.82, 2.24) is 15.5 Å². The Bertz CT molecular complexity index is 1050. The van der Waals surface area contributed by atoms with Crippen LogP contribution in [0.2, 0.25) is 0 Å². The highest BCUT2D eigenvalue weighted by atomic mass is 32.2. The molecule has 0 unspecified atom stereocenters. The normalized spacial score (nSPS) is 20.1. The number of aliphatic hydroxyl groups excluding tert-OH is 1. The molecular formula is C31H45N3O4S. The van der Waals surface area contributed by atoms with Gasteiger partial charge in [0.15, 0.2) is 0 Å². The van der Waals surface area contributed by atoms with E-state index in [1.54, 1.807) is 11.8 Å². The molecule has 0 aliphatic carbocycles. The van der Waals surface area contributed by atoms with Gasteiger partial charge in [-0.2, -0.15) is 0 Å². The van der Waals surface area contributed by atoms with Gasteiger partial charge in [-0.3, -0.25) is 9.69 Å². The van der Waals surface area contributed by atoms with Crippen molar-refractivity contribution in [3.63, 3.8) is 0 Å². The van der Waals surface area contributed by atoms with Gasteiger partial charge in [0.05, 0.1) is 18.2 Å². The number of benzene rings is 2. The van der Waals surface area contributed by atoms with Crippen LogP contribution in [0.1, 0.15) is 59.9 Å². The van der Waals surface area contributed by atoms with Gasteiger partial charge in [-0.15, -0.1) is 11.8 Å². The molecule has 0 aromatic heterocycles. The van der Waals surface area contributed by atoms with Crippen LogP contribution in [0.3, 0.4) is 0 Å². The molecule has 8 heteroatoms. The Kier molecular flexibility index (Phi) is 10.9. The van der Waals surface area contributed by atoms with Crippen LogP contribution in [0.4, 0.5) is 4.79 Å². The molecular weight excluding hydrogens is 510 g/mol. The summed E-state index contributed by atoms with van der Waals surface area (Å²) < 4.78 is 5.49. The molecule has 1 heterocycles. The van der Waals surface area contributed by atoms with E-state index in [1.807, 2.05) is 90.1 Å². The lowest BCUT2D eigenvalue weighted by Gasteiger charge is -2.41. The first-order chi connectivity index (χ1) is 18.3. The quantitative estimate of drug-likeness (QED) is 0.402. The third-order valence-corrected chi connectivity index (χ3v) is 7.70. The third-order valence-electron chi connectivity index (χ3n) is 6.40. The first-order valence-electron chi connectivity index (χ1n) is 13.8. The third kappa shape index (κ3) is 10.9. The number of aliphatic hydroxyl groups is 1. The van der Waals surface area contributed by atoms with Crippen LogP contribution in [-0.4, -0.2) is 69.7 Å². The van der Waals surface area contributed by atoms with Gasteiger partial charge in [0.2, 0.25) is 5.91 Å². The fraction of sp³-hybridized carbons (Fsp3) is 0.548. The summed E-state index contributed by atoms with van der Waals surface area (Å²) in [6.07, 6.45) is 0.551. The maximum absolute atomic E-state index is 13.5. The van der Waals surface area contributed by atoms with E-state index >= 15 is 0 Å². The number of nitrogens with zero attached hydrogens (tertiary/aromatic N) is 1. The van der Waals surface area contributed by atoms with Gasteiger partial charge >= 0.3 is 6.09 Å². The van der Waals surface area contributed by atoms with Crippen LogP contribution in [0.25, 0.3) is 0 Å². The monoisotopic (exact) mass is 555 g/mol. The zero-order valence-electron chi connectivity index (χ0n) is 24.1. The molecule has 4 atom stereocenters. The molecule has 1 saturated heterocycles. The van der Waals surface area contributed by atoms with Crippen LogP contribution < -0.4 is 10.6 Å². The summed E-state index contributed by atoms with van der Waals surface area (Å²) in [5, 5.41) is 17.8. The maximum atomic E-state index is 13.5. The summed E-state index contributed by atoms with van der Waals surface area (Å²) in [4.78, 5) is 29.4. The molecule has 214 valence electrons. The lowest BCUT2D eigenvalue weighted by molar-refractivity contribution is -0.129. The molecule has 3 rings (SSSR count). The zero-order chi connectivity index (χ0) is 28.6. The molecule has 1 aliphatic heterocycles. The lowest BCUT2D eigenvalue weighted by Crippen LogP contribution is -2.59. The second-order valence-corrected chi connectivity index (χ2v) is 13.7. The van der Waals surface area contributed by atoms with E-state index in [9.17, 15) is 14.7 Å². The average Bonchev–Trinajstić information content (AvgIpc) is 2.83. The maximum Gasteiger partial charge on any atom is 0.407 e. The second-order valence-electron chi connectivity index (χ2n) is 12.3. The van der Waals surface area contributed by atoms with Crippen molar-refractivity contribution in [2.45, 2.75) is 100 Å². The first-order valence-corrected chi connectivity index (χ1v) is 14.7. The number of carbonyl (C=O) groups is 2. The summed E-state index contributed by atoms with van der Waals surface area (Å²) in [7, 11) is 0. The first kappa shape index (κ1) is 31.0. The number of hydrogen-bond acceptors (Lipinski definition) is 6. The standard InChI is InChI=1S/C31H45N3O4S/c1-30(2,3)33-28(36)26-20-24(39-23-15-11-8-12-16-23)17-18-34(26)21-27(35)25(19-22-13-9-7-10-14-22)32-29(37)38-31(4,5)6/h7-16,24-27,35H,17-21H2,1-6H3,(H,32,37)(H,33,36)/t24-,25+,26+,27-/m1/s1. The van der Waals surface area contributed by atoms with Gasteiger partial charge in [-0.25, -0.2) is 4.79 Å². The van der Waals surface area contributed by atoms with Crippen LogP contribution in [0.5, 0.6) is 0 Å². The largest absolute Gasteiger partial charge is 0.444 e. The Morgan fingerprint density at radius 3 is 2.23 bits per heavy atom. The number of ether oxygens (including phenoxy) is 1. The number of thioether (sulfide) groups is 1. The number of alkyl carbamates (subject to hydrolysis) is 1. The van der Waals surface area contributed by atoms with Crippen LogP contribution in [-0.2, 0) is 16.0 Å². The number of hydrogen-bond donors (Lipinski definition) is 3. The molecule has 2 amide bonds. The Morgan fingerprint density at radius 2 is 1.64 bits per heavy atom. The minimum Gasteiger partial charge on any atom is -0.444 e. The Morgan fingerprint density at radius 1 is 1.03 bits per heavy atom. The van der Waals surface area contributed by atoms with Crippen molar-refractivity contribution in [1.29, 1.82) is 0 Å². The molecule has 0 saturated carbocycles. The molecule has 3 N–H and O–H groups in total. The van der Waals surface area contributed by atoms with Gasteiger partial charge in [0.1, 0.15) is 5.60 Å². The summed E-state index contributed by atoms with van der Waals surface area (Å²) in [6.45, 7) is 12.3. The Labute approximate surface area is 238 Å². The number of β-amino-alcohol motifs (C(OH)–C–C–N with tert-alkyl or cyclic N) is 1. The predicted octanol–water partition coefficient (Wildman–Crippen LogP) is 5.02. The minimum absolute atomic E-state index is 0.0345. The molecule has 2 aromatic rings. The molecule has 1 aliphatic rings. The van der Waals surface area contributed by atoms with Gasteiger partial charge < -0.3 is 20.5 Å². The van der Waals surface area contributed by atoms with Crippen molar-refractivity contribution >= 4 is 23.8 Å². The minimum atomic E-state index is -0.902. The van der Waals surface area contributed by atoms with E-state index in [2.05, 4.69) is 27.7 Å². The Hall–Kier alpha value is -2.55. The highest BCUT2D eigenvalue weighted by Gasteiger charge is 2.37. The number of likely N-dealkylation sites (tertiary alicyclic amines) is 1. The van der Waals surface area contributed by atoms with Crippen LogP contribution in [0, 0.1) is 0 Å². The zero-order valence-corrected chi connectivity index (χ0v) is 25.0. The number of amides is 2. The smallest absolute Gasteiger partial charge is 0.407 e. The lowest BCUT2D eigenvalue weighted by atomic mass is 9.96. The molecule has 0 bridgehead atoms. The summed E-state index contributed by atoms with van der Waals surface area (Å²) in [5.74, 6) is -0.0345. The number of carbonyl (C=O) groups excluding carboxylic acids is 2. The molecule has 7 nitrogen and oxygen atoms in total. The van der Waals surface area contributed by atoms with E-state index in [1.165, 1.54) is 4.90 Å². The van der Waals surface area contributed by atoms with Gasteiger partial charge in [-0.1, -0.05) is 48.5 Å². The van der Waals surface area contributed by atoms with Crippen molar-refractivity contribution in [2.75, 3.05) is 13.1 Å².